The number of rotatable bonds is 5. The highest BCUT2D eigenvalue weighted by Crippen LogP contribution is 2.27. The SMILES string of the molecule is COc1ccc([C@H](C)[NH2+][C@@H](C)C(=O)N(C)C)cc1Br. The number of carbonyl (C=O) groups is 1. The quantitative estimate of drug-likeness (QED) is 0.891. The zero-order chi connectivity index (χ0) is 14.6. The molecule has 1 aromatic carbocycles. The van der Waals surface area contributed by atoms with Crippen LogP contribution in [0.15, 0.2) is 22.7 Å². The maximum Gasteiger partial charge on any atom is 0.279 e. The van der Waals surface area contributed by atoms with E-state index in [9.17, 15) is 4.79 Å². The molecule has 19 heavy (non-hydrogen) atoms. The molecule has 0 radical (unpaired) electrons. The summed E-state index contributed by atoms with van der Waals surface area (Å²) in [6.45, 7) is 4.02. The lowest BCUT2D eigenvalue weighted by Crippen LogP contribution is -2.92. The van der Waals surface area contributed by atoms with Crippen molar-refractivity contribution >= 4 is 21.8 Å². The molecule has 5 heteroatoms. The third-order valence-electron chi connectivity index (χ3n) is 3.11. The molecule has 1 rings (SSSR count). The van der Waals surface area contributed by atoms with Crippen LogP contribution in [0.2, 0.25) is 0 Å². The number of carbonyl (C=O) groups excluding carboxylic acids is 1. The van der Waals surface area contributed by atoms with Gasteiger partial charge in [-0.25, -0.2) is 0 Å². The monoisotopic (exact) mass is 329 g/mol. The number of methoxy groups -OCH3 is 1. The Bertz CT molecular complexity index is 449. The van der Waals surface area contributed by atoms with E-state index in [-0.39, 0.29) is 18.0 Å². The van der Waals surface area contributed by atoms with Crippen LogP contribution in [0.25, 0.3) is 0 Å². The zero-order valence-electron chi connectivity index (χ0n) is 12.1. The van der Waals surface area contributed by atoms with Crippen molar-refractivity contribution in [2.75, 3.05) is 21.2 Å². The highest BCUT2D eigenvalue weighted by molar-refractivity contribution is 9.10. The van der Waals surface area contributed by atoms with Crippen molar-refractivity contribution < 1.29 is 14.8 Å². The molecule has 0 aliphatic heterocycles. The number of nitrogens with zero attached hydrogens (tertiary/aromatic N) is 1. The van der Waals surface area contributed by atoms with Crippen LogP contribution in [0, 0.1) is 0 Å². The second-order valence-electron chi connectivity index (χ2n) is 4.90. The topological polar surface area (TPSA) is 46.1 Å². The van der Waals surface area contributed by atoms with Gasteiger partial charge in [-0.3, -0.25) is 4.79 Å². The number of benzene rings is 1. The third kappa shape index (κ3) is 4.21. The molecule has 1 aromatic rings. The van der Waals surface area contributed by atoms with Crippen molar-refractivity contribution in [3.63, 3.8) is 0 Å². The third-order valence-corrected chi connectivity index (χ3v) is 3.73. The molecule has 2 N–H and O–H groups in total. The summed E-state index contributed by atoms with van der Waals surface area (Å²) in [6, 6.07) is 6.11. The second kappa shape index (κ2) is 6.91. The number of ether oxygens (including phenoxy) is 1. The fourth-order valence-corrected chi connectivity index (χ4v) is 2.56. The normalized spacial score (nSPS) is 13.8. The first-order valence-corrected chi connectivity index (χ1v) is 7.05. The van der Waals surface area contributed by atoms with E-state index in [0.29, 0.717) is 0 Å². The van der Waals surface area contributed by atoms with Crippen molar-refractivity contribution in [2.45, 2.75) is 25.9 Å². The van der Waals surface area contributed by atoms with Gasteiger partial charge in [0.1, 0.15) is 11.8 Å². The summed E-state index contributed by atoms with van der Waals surface area (Å²) in [5, 5.41) is 2.07. The molecule has 0 unspecified atom stereocenters. The second-order valence-corrected chi connectivity index (χ2v) is 5.75. The lowest BCUT2D eigenvalue weighted by atomic mass is 10.1. The lowest BCUT2D eigenvalue weighted by molar-refractivity contribution is -0.710. The number of hydrogen-bond donors (Lipinski definition) is 1. The molecule has 106 valence electrons. The Morgan fingerprint density at radius 3 is 2.47 bits per heavy atom. The summed E-state index contributed by atoms with van der Waals surface area (Å²) in [5.74, 6) is 0.938. The Morgan fingerprint density at radius 2 is 2.00 bits per heavy atom. The average Bonchev–Trinajstić information content (AvgIpc) is 2.37. The number of amides is 1. The Balaban J connectivity index is 2.75. The van der Waals surface area contributed by atoms with Crippen molar-refractivity contribution in [1.29, 1.82) is 0 Å². The van der Waals surface area contributed by atoms with Crippen LogP contribution in [0.3, 0.4) is 0 Å². The molecule has 0 heterocycles. The van der Waals surface area contributed by atoms with Gasteiger partial charge in [-0.15, -0.1) is 0 Å². The van der Waals surface area contributed by atoms with E-state index >= 15 is 0 Å². The van der Waals surface area contributed by atoms with Crippen LogP contribution >= 0.6 is 15.9 Å². The van der Waals surface area contributed by atoms with Gasteiger partial charge in [0.15, 0.2) is 6.04 Å². The van der Waals surface area contributed by atoms with Gasteiger partial charge in [-0.2, -0.15) is 0 Å². The minimum absolute atomic E-state index is 0.0918. The maximum atomic E-state index is 11.8. The number of halogens is 1. The van der Waals surface area contributed by atoms with Crippen molar-refractivity contribution in [3.8, 4) is 5.75 Å². The predicted molar refractivity (Wildman–Crippen MR) is 79.2 cm³/mol. The van der Waals surface area contributed by atoms with Crippen LogP contribution < -0.4 is 10.1 Å². The maximum absolute atomic E-state index is 11.8. The van der Waals surface area contributed by atoms with E-state index < -0.39 is 0 Å². The van der Waals surface area contributed by atoms with Crippen LogP contribution in [-0.4, -0.2) is 38.1 Å². The van der Waals surface area contributed by atoms with Gasteiger partial charge >= 0.3 is 0 Å². The fraction of sp³-hybridized carbons (Fsp3) is 0.500. The van der Waals surface area contributed by atoms with Crippen molar-refractivity contribution in [1.82, 2.24) is 4.90 Å². The molecule has 0 saturated carbocycles. The number of likely N-dealkylation sites (N-methyl/N-ethyl adjacent to an activating group) is 1. The minimum Gasteiger partial charge on any atom is -0.496 e. The Labute approximate surface area is 123 Å². The van der Waals surface area contributed by atoms with E-state index in [0.717, 1.165) is 15.8 Å². The smallest absolute Gasteiger partial charge is 0.279 e. The zero-order valence-corrected chi connectivity index (χ0v) is 13.7. The predicted octanol–water partition coefficient (Wildman–Crippen LogP) is 1.56. The van der Waals surface area contributed by atoms with E-state index in [1.54, 1.807) is 26.1 Å². The Morgan fingerprint density at radius 1 is 1.37 bits per heavy atom. The minimum atomic E-state index is -0.0918. The fourth-order valence-electron chi connectivity index (χ4n) is 2.00. The van der Waals surface area contributed by atoms with Gasteiger partial charge in [0.25, 0.3) is 5.91 Å². The highest BCUT2D eigenvalue weighted by Gasteiger charge is 2.21. The molecule has 0 saturated heterocycles. The number of hydrogen-bond acceptors (Lipinski definition) is 2. The molecule has 0 aliphatic rings. The first-order valence-electron chi connectivity index (χ1n) is 6.26. The molecule has 0 fully saturated rings. The van der Waals surface area contributed by atoms with E-state index in [1.165, 1.54) is 0 Å². The van der Waals surface area contributed by atoms with Crippen LogP contribution in [0.4, 0.5) is 0 Å². The molecular formula is C14H22BrN2O2+. The molecule has 2 atom stereocenters. The van der Waals surface area contributed by atoms with Crippen molar-refractivity contribution in [2.24, 2.45) is 0 Å². The molecule has 0 aromatic heterocycles. The summed E-state index contributed by atoms with van der Waals surface area (Å²) in [7, 11) is 5.20. The molecule has 0 spiro atoms. The first-order chi connectivity index (χ1) is 8.86. The van der Waals surface area contributed by atoms with E-state index in [4.69, 9.17) is 4.74 Å². The molecule has 4 nitrogen and oxygen atoms in total. The van der Waals surface area contributed by atoms with E-state index in [2.05, 4.69) is 28.2 Å². The van der Waals surface area contributed by atoms with Crippen LogP contribution in [-0.2, 0) is 4.79 Å². The average molecular weight is 330 g/mol. The van der Waals surface area contributed by atoms with Crippen molar-refractivity contribution in [3.05, 3.63) is 28.2 Å². The molecular weight excluding hydrogens is 308 g/mol. The summed E-state index contributed by atoms with van der Waals surface area (Å²) in [5.41, 5.74) is 1.16. The van der Waals surface area contributed by atoms with Gasteiger partial charge in [-0.1, -0.05) is 0 Å². The first kappa shape index (κ1) is 16.0. The summed E-state index contributed by atoms with van der Waals surface area (Å²) >= 11 is 3.48. The summed E-state index contributed by atoms with van der Waals surface area (Å²) in [6.07, 6.45) is 0. The Hall–Kier alpha value is -1.07. The Kier molecular flexibility index (Phi) is 5.82. The van der Waals surface area contributed by atoms with Gasteiger partial charge in [0.05, 0.1) is 11.6 Å². The van der Waals surface area contributed by atoms with Gasteiger partial charge < -0.3 is 15.0 Å². The number of nitrogens with two attached hydrogens (primary N) is 1. The van der Waals surface area contributed by atoms with Gasteiger partial charge in [-0.05, 0) is 48.0 Å². The molecule has 1 amide bonds. The van der Waals surface area contributed by atoms with Gasteiger partial charge in [0, 0.05) is 19.7 Å². The number of quaternary nitrogens is 1. The lowest BCUT2D eigenvalue weighted by Gasteiger charge is -2.20. The molecule has 0 bridgehead atoms. The standard InChI is InChI=1S/C14H21BrN2O2/c1-9(16-10(2)14(18)17(3)4)11-6-7-13(19-5)12(15)8-11/h6-10,16H,1-5H3/p+1/t9-,10-/m0/s1. The van der Waals surface area contributed by atoms with Gasteiger partial charge in [0.2, 0.25) is 0 Å². The summed E-state index contributed by atoms with van der Waals surface area (Å²) < 4.78 is 6.14. The van der Waals surface area contributed by atoms with E-state index in [1.807, 2.05) is 25.1 Å². The summed E-state index contributed by atoms with van der Waals surface area (Å²) in [4.78, 5) is 13.5. The van der Waals surface area contributed by atoms with Crippen LogP contribution in [0.5, 0.6) is 5.75 Å². The van der Waals surface area contributed by atoms with Crippen LogP contribution in [0.1, 0.15) is 25.5 Å². The highest BCUT2D eigenvalue weighted by atomic mass is 79.9. The largest absolute Gasteiger partial charge is 0.496 e. The molecule has 0 aliphatic carbocycles.